The number of aliphatic hydroxyl groups is 1. The summed E-state index contributed by atoms with van der Waals surface area (Å²) >= 11 is 0. The average Bonchev–Trinajstić information content (AvgIpc) is 2.50. The first kappa shape index (κ1) is 16.4. The van der Waals surface area contributed by atoms with E-state index in [0.29, 0.717) is 12.6 Å². The summed E-state index contributed by atoms with van der Waals surface area (Å²) in [6.45, 7) is 10.7. The van der Waals surface area contributed by atoms with Gasteiger partial charge in [-0.2, -0.15) is 0 Å². The lowest BCUT2D eigenvalue weighted by atomic mass is 10.1. The van der Waals surface area contributed by atoms with Crippen molar-refractivity contribution in [1.82, 2.24) is 9.80 Å². The van der Waals surface area contributed by atoms with Gasteiger partial charge in [0.15, 0.2) is 0 Å². The number of hydrogen-bond acceptors (Lipinski definition) is 4. The average molecular weight is 292 g/mol. The highest BCUT2D eigenvalue weighted by Gasteiger charge is 2.24. The summed E-state index contributed by atoms with van der Waals surface area (Å²) in [7, 11) is 0. The van der Waals surface area contributed by atoms with Crippen LogP contribution in [0.2, 0.25) is 0 Å². The van der Waals surface area contributed by atoms with Gasteiger partial charge >= 0.3 is 0 Å². The molecular formula is C17H28N2O2. The molecule has 21 heavy (non-hydrogen) atoms. The molecule has 0 radical (unpaired) electrons. The van der Waals surface area contributed by atoms with Crippen molar-refractivity contribution in [1.29, 1.82) is 0 Å². The molecular weight excluding hydrogens is 264 g/mol. The quantitative estimate of drug-likeness (QED) is 0.777. The van der Waals surface area contributed by atoms with Crippen LogP contribution >= 0.6 is 0 Å². The van der Waals surface area contributed by atoms with Crippen molar-refractivity contribution in [2.75, 3.05) is 45.9 Å². The number of piperazine rings is 1. The second-order valence-corrected chi connectivity index (χ2v) is 5.77. The van der Waals surface area contributed by atoms with Crippen LogP contribution in [0.25, 0.3) is 0 Å². The molecule has 1 heterocycles. The van der Waals surface area contributed by atoms with E-state index in [1.54, 1.807) is 0 Å². The predicted octanol–water partition coefficient (Wildman–Crippen LogP) is 1.76. The lowest BCUT2D eigenvalue weighted by Gasteiger charge is -2.40. The third-order valence-electron chi connectivity index (χ3n) is 4.19. The summed E-state index contributed by atoms with van der Waals surface area (Å²) < 4.78 is 5.44. The van der Waals surface area contributed by atoms with E-state index < -0.39 is 6.10 Å². The predicted molar refractivity (Wildman–Crippen MR) is 85.4 cm³/mol. The molecule has 4 nitrogen and oxygen atoms in total. The number of nitrogens with zero attached hydrogens (tertiary/aromatic N) is 2. The maximum Gasteiger partial charge on any atom is 0.0916 e. The lowest BCUT2D eigenvalue weighted by molar-refractivity contribution is 0.0280. The first-order valence-electron chi connectivity index (χ1n) is 7.98. The first-order valence-corrected chi connectivity index (χ1v) is 7.98. The maximum absolute atomic E-state index is 10.3. The van der Waals surface area contributed by atoms with E-state index in [9.17, 15) is 5.11 Å². The Kier molecular flexibility index (Phi) is 6.64. The van der Waals surface area contributed by atoms with Crippen LogP contribution in [0.15, 0.2) is 30.3 Å². The maximum atomic E-state index is 10.3. The van der Waals surface area contributed by atoms with Gasteiger partial charge in [-0.3, -0.25) is 9.80 Å². The van der Waals surface area contributed by atoms with Crippen molar-refractivity contribution >= 4 is 0 Å². The van der Waals surface area contributed by atoms with Gasteiger partial charge in [0.05, 0.1) is 12.7 Å². The number of ether oxygens (including phenoxy) is 1. The molecule has 1 aliphatic rings. The van der Waals surface area contributed by atoms with E-state index in [1.807, 2.05) is 37.3 Å². The van der Waals surface area contributed by atoms with Crippen LogP contribution in [0.1, 0.15) is 25.5 Å². The van der Waals surface area contributed by atoms with Crippen molar-refractivity contribution in [3.8, 4) is 0 Å². The molecule has 0 bridgehead atoms. The van der Waals surface area contributed by atoms with Crippen LogP contribution in [0.3, 0.4) is 0 Å². The van der Waals surface area contributed by atoms with Crippen LogP contribution in [0.4, 0.5) is 0 Å². The van der Waals surface area contributed by atoms with Gasteiger partial charge in [0.25, 0.3) is 0 Å². The van der Waals surface area contributed by atoms with Crippen LogP contribution in [0, 0.1) is 0 Å². The molecule has 1 aromatic rings. The third-order valence-corrected chi connectivity index (χ3v) is 4.19. The largest absolute Gasteiger partial charge is 0.387 e. The van der Waals surface area contributed by atoms with E-state index in [2.05, 4.69) is 16.7 Å². The summed E-state index contributed by atoms with van der Waals surface area (Å²) in [4.78, 5) is 4.83. The van der Waals surface area contributed by atoms with E-state index in [1.165, 1.54) is 0 Å². The summed E-state index contributed by atoms with van der Waals surface area (Å²) in [5, 5.41) is 10.3. The number of benzene rings is 1. The van der Waals surface area contributed by atoms with Crippen molar-refractivity contribution in [2.24, 2.45) is 0 Å². The SMILES string of the molecule is CCOCCN1CCN(C[C@@H](O)c2ccccc2)C[C@@H]1C. The van der Waals surface area contributed by atoms with Gasteiger partial charge in [-0.25, -0.2) is 0 Å². The Morgan fingerprint density at radius 1 is 1.29 bits per heavy atom. The monoisotopic (exact) mass is 292 g/mol. The highest BCUT2D eigenvalue weighted by atomic mass is 16.5. The van der Waals surface area contributed by atoms with Gasteiger partial charge in [0.1, 0.15) is 0 Å². The number of β-amino-alcohol motifs (C(OH)–C–C–N with tert-alkyl or cyclic N) is 1. The second-order valence-electron chi connectivity index (χ2n) is 5.77. The molecule has 2 rings (SSSR count). The summed E-state index contributed by atoms with van der Waals surface area (Å²) in [5.41, 5.74) is 1.00. The second kappa shape index (κ2) is 8.49. The van der Waals surface area contributed by atoms with Crippen LogP contribution in [-0.2, 0) is 4.74 Å². The highest BCUT2D eigenvalue weighted by molar-refractivity contribution is 5.17. The van der Waals surface area contributed by atoms with Gasteiger partial charge in [-0.15, -0.1) is 0 Å². The minimum atomic E-state index is -0.395. The minimum absolute atomic E-state index is 0.395. The Labute approximate surface area is 128 Å². The van der Waals surface area contributed by atoms with E-state index in [4.69, 9.17) is 4.74 Å². The lowest BCUT2D eigenvalue weighted by Crippen LogP contribution is -2.53. The van der Waals surface area contributed by atoms with Gasteiger partial charge < -0.3 is 9.84 Å². The molecule has 2 atom stereocenters. The van der Waals surface area contributed by atoms with Crippen molar-refractivity contribution < 1.29 is 9.84 Å². The molecule has 0 aliphatic carbocycles. The van der Waals surface area contributed by atoms with E-state index in [0.717, 1.165) is 45.0 Å². The van der Waals surface area contributed by atoms with Crippen molar-refractivity contribution in [2.45, 2.75) is 26.0 Å². The van der Waals surface area contributed by atoms with Gasteiger partial charge in [-0.1, -0.05) is 30.3 Å². The van der Waals surface area contributed by atoms with Crippen LogP contribution < -0.4 is 0 Å². The molecule has 0 amide bonds. The van der Waals surface area contributed by atoms with E-state index in [-0.39, 0.29) is 0 Å². The first-order chi connectivity index (χ1) is 10.2. The third kappa shape index (κ3) is 5.08. The Hall–Kier alpha value is -0.940. The highest BCUT2D eigenvalue weighted by Crippen LogP contribution is 2.16. The molecule has 1 N–H and O–H groups in total. The van der Waals surface area contributed by atoms with Gasteiger partial charge in [0.2, 0.25) is 0 Å². The zero-order valence-corrected chi connectivity index (χ0v) is 13.2. The Morgan fingerprint density at radius 3 is 2.71 bits per heavy atom. The summed E-state index contributed by atoms with van der Waals surface area (Å²) in [6, 6.07) is 10.4. The number of rotatable bonds is 7. The molecule has 118 valence electrons. The molecule has 0 spiro atoms. The fraction of sp³-hybridized carbons (Fsp3) is 0.647. The Morgan fingerprint density at radius 2 is 2.05 bits per heavy atom. The molecule has 1 aromatic carbocycles. The molecule has 0 saturated carbocycles. The molecule has 0 unspecified atom stereocenters. The molecule has 1 fully saturated rings. The Balaban J connectivity index is 1.77. The number of aliphatic hydroxyl groups excluding tert-OH is 1. The summed E-state index contributed by atoms with van der Waals surface area (Å²) in [6.07, 6.45) is -0.395. The fourth-order valence-electron chi connectivity index (χ4n) is 2.92. The zero-order chi connectivity index (χ0) is 15.1. The minimum Gasteiger partial charge on any atom is -0.387 e. The molecule has 0 aromatic heterocycles. The van der Waals surface area contributed by atoms with Gasteiger partial charge in [-0.05, 0) is 19.4 Å². The standard InChI is InChI=1S/C17H28N2O2/c1-3-21-12-11-19-10-9-18(13-15(19)2)14-17(20)16-7-5-4-6-8-16/h4-8,15,17,20H,3,9-14H2,1-2H3/t15-,17+/m0/s1. The normalized spacial score (nSPS) is 22.3. The Bertz CT molecular complexity index is 399. The number of hydrogen-bond donors (Lipinski definition) is 1. The molecule has 4 heteroatoms. The smallest absolute Gasteiger partial charge is 0.0916 e. The van der Waals surface area contributed by atoms with Gasteiger partial charge in [0, 0.05) is 45.4 Å². The van der Waals surface area contributed by atoms with Crippen molar-refractivity contribution in [3.05, 3.63) is 35.9 Å². The van der Waals surface area contributed by atoms with Crippen molar-refractivity contribution in [3.63, 3.8) is 0 Å². The fourth-order valence-corrected chi connectivity index (χ4v) is 2.92. The molecule has 1 aliphatic heterocycles. The van der Waals surface area contributed by atoms with Crippen LogP contribution in [-0.4, -0.2) is 66.9 Å². The van der Waals surface area contributed by atoms with Crippen LogP contribution in [0.5, 0.6) is 0 Å². The molecule has 1 saturated heterocycles. The zero-order valence-electron chi connectivity index (χ0n) is 13.2. The topological polar surface area (TPSA) is 35.9 Å². The van der Waals surface area contributed by atoms with E-state index >= 15 is 0 Å². The summed E-state index contributed by atoms with van der Waals surface area (Å²) in [5.74, 6) is 0.